The van der Waals surface area contributed by atoms with Crippen molar-refractivity contribution in [3.05, 3.63) is 22.4 Å². The maximum absolute atomic E-state index is 12.2. The van der Waals surface area contributed by atoms with Crippen molar-refractivity contribution >= 4 is 5.91 Å². The van der Waals surface area contributed by atoms with Crippen molar-refractivity contribution in [2.45, 2.75) is 71.2 Å². The zero-order valence-corrected chi connectivity index (χ0v) is 17.1. The van der Waals surface area contributed by atoms with Crippen LogP contribution in [-0.2, 0) is 27.3 Å². The molecule has 2 aliphatic heterocycles. The van der Waals surface area contributed by atoms with E-state index in [0.717, 1.165) is 36.3 Å². The third kappa shape index (κ3) is 4.62. The van der Waals surface area contributed by atoms with Gasteiger partial charge in [-0.1, -0.05) is 13.8 Å². The zero-order chi connectivity index (χ0) is 20.3. The van der Waals surface area contributed by atoms with E-state index < -0.39 is 0 Å². The number of fused-ring (bicyclic) bond motifs is 1. The fourth-order valence-electron chi connectivity index (χ4n) is 3.68. The summed E-state index contributed by atoms with van der Waals surface area (Å²) in [5.74, 6) is 0.144. The van der Waals surface area contributed by atoms with Gasteiger partial charge in [-0.15, -0.1) is 0 Å². The standard InChI is InChI=1S/C21H29N3O4/c1-13(2)19-17-11-28-21(3,4)8-15(17)16(9-22)20(24-19)27-12-18(25)23-10-14-6-5-7-26-14/h13-14H,5-8,10-12H2,1-4H3,(H,23,25)/t14-/m0/s1. The Morgan fingerprint density at radius 3 is 2.86 bits per heavy atom. The van der Waals surface area contributed by atoms with E-state index in [0.29, 0.717) is 25.1 Å². The summed E-state index contributed by atoms with van der Waals surface area (Å²) in [7, 11) is 0. The molecule has 7 heteroatoms. The summed E-state index contributed by atoms with van der Waals surface area (Å²) >= 11 is 0. The first kappa shape index (κ1) is 20.6. The van der Waals surface area contributed by atoms with Gasteiger partial charge in [-0.25, -0.2) is 4.98 Å². The topological polar surface area (TPSA) is 93.5 Å². The molecule has 1 fully saturated rings. The van der Waals surface area contributed by atoms with Crippen LogP contribution in [0.4, 0.5) is 0 Å². The Hall–Kier alpha value is -2.17. The van der Waals surface area contributed by atoms with Gasteiger partial charge in [0.15, 0.2) is 6.61 Å². The predicted molar refractivity (Wildman–Crippen MR) is 103 cm³/mol. The van der Waals surface area contributed by atoms with Crippen LogP contribution in [0.25, 0.3) is 0 Å². The number of nitrogens with one attached hydrogen (secondary N) is 1. The Morgan fingerprint density at radius 2 is 2.21 bits per heavy atom. The molecule has 0 unspecified atom stereocenters. The quantitative estimate of drug-likeness (QED) is 0.806. The third-order valence-electron chi connectivity index (χ3n) is 5.17. The molecular formula is C21H29N3O4. The summed E-state index contributed by atoms with van der Waals surface area (Å²) in [4.78, 5) is 16.7. The molecule has 3 rings (SSSR count). The molecule has 0 radical (unpaired) electrons. The highest BCUT2D eigenvalue weighted by molar-refractivity contribution is 5.77. The second-order valence-electron chi connectivity index (χ2n) is 8.35. The number of carbonyl (C=O) groups is 1. The van der Waals surface area contributed by atoms with Crippen LogP contribution in [0.1, 0.15) is 68.8 Å². The summed E-state index contributed by atoms with van der Waals surface area (Å²) in [5.41, 5.74) is 2.81. The highest BCUT2D eigenvalue weighted by Crippen LogP contribution is 2.37. The molecule has 0 aromatic carbocycles. The monoisotopic (exact) mass is 387 g/mol. The molecule has 0 saturated carbocycles. The van der Waals surface area contributed by atoms with Crippen LogP contribution in [-0.4, -0.2) is 42.4 Å². The number of pyridine rings is 1. The maximum atomic E-state index is 12.2. The van der Waals surface area contributed by atoms with Gasteiger partial charge in [0.1, 0.15) is 11.6 Å². The van der Waals surface area contributed by atoms with Crippen LogP contribution >= 0.6 is 0 Å². The summed E-state index contributed by atoms with van der Waals surface area (Å²) in [6.45, 7) is 9.59. The number of hydrogen-bond acceptors (Lipinski definition) is 6. The van der Waals surface area contributed by atoms with Crippen LogP contribution in [0, 0.1) is 11.3 Å². The van der Waals surface area contributed by atoms with Gasteiger partial charge in [0.05, 0.1) is 24.0 Å². The summed E-state index contributed by atoms with van der Waals surface area (Å²) < 4.78 is 17.1. The first-order chi connectivity index (χ1) is 13.3. The first-order valence-corrected chi connectivity index (χ1v) is 9.91. The van der Waals surface area contributed by atoms with Gasteiger partial charge in [0, 0.05) is 25.1 Å². The Morgan fingerprint density at radius 1 is 1.43 bits per heavy atom. The van der Waals surface area contributed by atoms with E-state index in [-0.39, 0.29) is 36.0 Å². The minimum atomic E-state index is -0.357. The van der Waals surface area contributed by atoms with Gasteiger partial charge in [0.25, 0.3) is 5.91 Å². The van der Waals surface area contributed by atoms with Crippen molar-refractivity contribution < 1.29 is 19.0 Å². The highest BCUT2D eigenvalue weighted by atomic mass is 16.5. The van der Waals surface area contributed by atoms with Gasteiger partial charge in [0.2, 0.25) is 5.88 Å². The highest BCUT2D eigenvalue weighted by Gasteiger charge is 2.33. The third-order valence-corrected chi connectivity index (χ3v) is 5.17. The lowest BCUT2D eigenvalue weighted by atomic mass is 9.86. The molecule has 7 nitrogen and oxygen atoms in total. The van der Waals surface area contributed by atoms with E-state index >= 15 is 0 Å². The molecule has 0 bridgehead atoms. The number of ether oxygens (including phenoxy) is 3. The number of carbonyl (C=O) groups excluding carboxylic acids is 1. The van der Waals surface area contributed by atoms with Crippen molar-refractivity contribution in [1.29, 1.82) is 5.26 Å². The van der Waals surface area contributed by atoms with E-state index in [1.165, 1.54) is 0 Å². The Bertz CT molecular complexity index is 777. The van der Waals surface area contributed by atoms with Gasteiger partial charge in [-0.2, -0.15) is 5.26 Å². The molecule has 0 aliphatic carbocycles. The number of rotatable bonds is 6. The van der Waals surface area contributed by atoms with Crippen molar-refractivity contribution in [3.63, 3.8) is 0 Å². The smallest absolute Gasteiger partial charge is 0.258 e. The molecule has 0 spiro atoms. The molecule has 1 amide bonds. The number of nitriles is 1. The molecule has 1 atom stereocenters. The molecule has 3 heterocycles. The van der Waals surface area contributed by atoms with Gasteiger partial charge < -0.3 is 19.5 Å². The minimum absolute atomic E-state index is 0.0789. The Labute approximate surface area is 166 Å². The fraction of sp³-hybridized carbons (Fsp3) is 0.667. The second kappa shape index (κ2) is 8.46. The minimum Gasteiger partial charge on any atom is -0.467 e. The summed E-state index contributed by atoms with van der Waals surface area (Å²) in [5, 5.41) is 12.6. The largest absolute Gasteiger partial charge is 0.467 e. The zero-order valence-electron chi connectivity index (χ0n) is 17.1. The lowest BCUT2D eigenvalue weighted by Crippen LogP contribution is -2.35. The van der Waals surface area contributed by atoms with Crippen molar-refractivity contribution in [1.82, 2.24) is 10.3 Å². The maximum Gasteiger partial charge on any atom is 0.258 e. The normalized spacial score (nSPS) is 20.5. The van der Waals surface area contributed by atoms with E-state index in [9.17, 15) is 10.1 Å². The number of aromatic nitrogens is 1. The molecule has 2 aliphatic rings. The number of nitrogens with zero attached hydrogens (tertiary/aromatic N) is 2. The Kier molecular flexibility index (Phi) is 6.21. The molecular weight excluding hydrogens is 358 g/mol. The summed E-state index contributed by atoms with van der Waals surface area (Å²) in [6, 6.07) is 2.23. The van der Waals surface area contributed by atoms with Gasteiger partial charge in [-0.05, 0) is 38.2 Å². The molecule has 1 aromatic rings. The number of amides is 1. The first-order valence-electron chi connectivity index (χ1n) is 9.91. The van der Waals surface area contributed by atoms with Crippen LogP contribution in [0.2, 0.25) is 0 Å². The predicted octanol–water partition coefficient (Wildman–Crippen LogP) is 2.60. The van der Waals surface area contributed by atoms with E-state index in [1.54, 1.807) is 0 Å². The molecule has 28 heavy (non-hydrogen) atoms. The van der Waals surface area contributed by atoms with E-state index in [1.807, 2.05) is 27.7 Å². The average molecular weight is 387 g/mol. The van der Waals surface area contributed by atoms with Crippen LogP contribution in [0.3, 0.4) is 0 Å². The molecule has 1 aromatic heterocycles. The second-order valence-corrected chi connectivity index (χ2v) is 8.35. The summed E-state index contributed by atoms with van der Waals surface area (Å²) in [6.07, 6.45) is 2.67. The van der Waals surface area contributed by atoms with Crippen molar-refractivity contribution in [2.24, 2.45) is 0 Å². The molecule has 1 saturated heterocycles. The van der Waals surface area contributed by atoms with E-state index in [2.05, 4.69) is 16.4 Å². The molecule has 152 valence electrons. The molecule has 1 N–H and O–H groups in total. The van der Waals surface area contributed by atoms with Crippen LogP contribution in [0.5, 0.6) is 5.88 Å². The van der Waals surface area contributed by atoms with Crippen molar-refractivity contribution in [3.8, 4) is 11.9 Å². The SMILES string of the molecule is CC(C)c1nc(OCC(=O)NC[C@@H]2CCCO2)c(C#N)c2c1COC(C)(C)C2. The fourth-order valence-corrected chi connectivity index (χ4v) is 3.68. The van der Waals surface area contributed by atoms with E-state index in [4.69, 9.17) is 14.2 Å². The van der Waals surface area contributed by atoms with Gasteiger partial charge >= 0.3 is 0 Å². The number of hydrogen-bond donors (Lipinski definition) is 1. The van der Waals surface area contributed by atoms with Crippen LogP contribution in [0.15, 0.2) is 0 Å². The average Bonchev–Trinajstić information content (AvgIpc) is 3.16. The lowest BCUT2D eigenvalue weighted by Gasteiger charge is -2.34. The Balaban J connectivity index is 1.77. The van der Waals surface area contributed by atoms with Crippen molar-refractivity contribution in [2.75, 3.05) is 19.8 Å². The van der Waals surface area contributed by atoms with Gasteiger partial charge in [-0.3, -0.25) is 4.79 Å². The lowest BCUT2D eigenvalue weighted by molar-refractivity contribution is -0.123. The van der Waals surface area contributed by atoms with Crippen LogP contribution < -0.4 is 10.1 Å².